The third-order valence-electron chi connectivity index (χ3n) is 7.34. The average Bonchev–Trinajstić information content (AvgIpc) is 3.04. The van der Waals surface area contributed by atoms with Crippen molar-refractivity contribution in [2.24, 2.45) is 0 Å². The van der Waals surface area contributed by atoms with E-state index < -0.39 is 22.0 Å². The largest absolute Gasteiger partial charge is 0.497 e. The van der Waals surface area contributed by atoms with Crippen LogP contribution in [0.2, 0.25) is 0 Å². The van der Waals surface area contributed by atoms with Gasteiger partial charge in [-0.25, -0.2) is 13.1 Å². The molecule has 4 aromatic carbocycles. The van der Waals surface area contributed by atoms with Crippen molar-refractivity contribution in [2.75, 3.05) is 55.0 Å². The fraction of sp³-hybridized carbons (Fsp3) is 0.242. The number of methoxy groups -OCH3 is 1. The number of sulfonamides is 1. The lowest BCUT2D eigenvalue weighted by Gasteiger charge is -2.38. The number of hydrogen-bond acceptors (Lipinski definition) is 7. The molecule has 5 rings (SSSR count). The van der Waals surface area contributed by atoms with Crippen LogP contribution in [0.3, 0.4) is 0 Å². The minimum absolute atomic E-state index is 0.106. The molecule has 1 atom stereocenters. The first kappa shape index (κ1) is 29.9. The molecule has 1 aliphatic rings. The van der Waals surface area contributed by atoms with Crippen LogP contribution in [0.1, 0.15) is 18.5 Å². The van der Waals surface area contributed by atoms with E-state index in [9.17, 15) is 13.2 Å². The first-order chi connectivity index (χ1) is 20.8. The molecule has 1 heterocycles. The summed E-state index contributed by atoms with van der Waals surface area (Å²) in [5, 5.41) is 2.78. The van der Waals surface area contributed by atoms with Crippen molar-refractivity contribution in [3.63, 3.8) is 0 Å². The van der Waals surface area contributed by atoms with Gasteiger partial charge in [-0.3, -0.25) is 4.79 Å². The summed E-state index contributed by atoms with van der Waals surface area (Å²) in [6.45, 7) is 4.29. The van der Waals surface area contributed by atoms with E-state index in [-0.39, 0.29) is 11.5 Å². The standard InChI is InChI=1S/C33H36N4O5S/c1-25(26-9-5-3-6-10-26)35-43(39,40)32-23-27(34-33(38)24-42-30-11-7-4-8-12-30)13-18-31(32)37-21-19-36(20-22-37)28-14-16-29(41-2)17-15-28/h3-18,23,25,35H,19-22,24H2,1-2H3,(H,34,38)/t25-/m0/s1. The van der Waals surface area contributed by atoms with Gasteiger partial charge < -0.3 is 24.6 Å². The molecule has 43 heavy (non-hydrogen) atoms. The van der Waals surface area contributed by atoms with Crippen LogP contribution in [0.25, 0.3) is 0 Å². The minimum atomic E-state index is -3.98. The van der Waals surface area contributed by atoms with Gasteiger partial charge in [0, 0.05) is 43.6 Å². The average molecular weight is 601 g/mol. The number of para-hydroxylation sites is 1. The van der Waals surface area contributed by atoms with E-state index in [0.717, 1.165) is 30.1 Å². The number of anilines is 3. The first-order valence-corrected chi connectivity index (χ1v) is 15.6. The second-order valence-corrected chi connectivity index (χ2v) is 11.9. The van der Waals surface area contributed by atoms with Gasteiger partial charge in [-0.15, -0.1) is 0 Å². The van der Waals surface area contributed by atoms with Crippen molar-refractivity contribution in [3.8, 4) is 11.5 Å². The van der Waals surface area contributed by atoms with Crippen LogP contribution in [0.5, 0.6) is 11.5 Å². The molecule has 0 spiro atoms. The molecule has 4 aromatic rings. The van der Waals surface area contributed by atoms with Crippen LogP contribution in [0.15, 0.2) is 108 Å². The first-order valence-electron chi connectivity index (χ1n) is 14.2. The maximum Gasteiger partial charge on any atom is 0.262 e. The van der Waals surface area contributed by atoms with E-state index in [1.807, 2.05) is 79.7 Å². The highest BCUT2D eigenvalue weighted by molar-refractivity contribution is 7.89. The van der Waals surface area contributed by atoms with Gasteiger partial charge >= 0.3 is 0 Å². The van der Waals surface area contributed by atoms with Crippen LogP contribution in [0, 0.1) is 0 Å². The van der Waals surface area contributed by atoms with Crippen molar-refractivity contribution in [3.05, 3.63) is 109 Å². The molecular formula is C33H36N4O5S. The number of nitrogens with zero attached hydrogens (tertiary/aromatic N) is 2. The fourth-order valence-electron chi connectivity index (χ4n) is 5.04. The molecule has 0 bridgehead atoms. The topological polar surface area (TPSA) is 100 Å². The van der Waals surface area contributed by atoms with E-state index in [1.54, 1.807) is 31.4 Å². The molecule has 10 heteroatoms. The Bertz CT molecular complexity index is 1610. The summed E-state index contributed by atoms with van der Waals surface area (Å²) < 4.78 is 41.4. The maximum atomic E-state index is 13.9. The molecule has 1 amide bonds. The van der Waals surface area contributed by atoms with Gasteiger partial charge in [-0.2, -0.15) is 0 Å². The molecule has 1 fully saturated rings. The van der Waals surface area contributed by atoms with Crippen LogP contribution >= 0.6 is 0 Å². The molecular weight excluding hydrogens is 564 g/mol. The summed E-state index contributed by atoms with van der Waals surface area (Å²) in [4.78, 5) is 17.1. The van der Waals surface area contributed by atoms with E-state index in [0.29, 0.717) is 30.2 Å². The molecule has 0 radical (unpaired) electrons. The zero-order chi connectivity index (χ0) is 30.2. The van der Waals surface area contributed by atoms with Gasteiger partial charge in [0.15, 0.2) is 6.61 Å². The molecule has 0 aliphatic carbocycles. The van der Waals surface area contributed by atoms with Crippen molar-refractivity contribution < 1.29 is 22.7 Å². The van der Waals surface area contributed by atoms with Gasteiger partial charge in [0.25, 0.3) is 5.91 Å². The number of ether oxygens (including phenoxy) is 2. The van der Waals surface area contributed by atoms with Crippen molar-refractivity contribution in [2.45, 2.75) is 17.9 Å². The van der Waals surface area contributed by atoms with Gasteiger partial charge in [0.05, 0.1) is 12.8 Å². The van der Waals surface area contributed by atoms with E-state index in [1.165, 1.54) is 6.07 Å². The molecule has 0 unspecified atom stereocenters. The molecule has 224 valence electrons. The van der Waals surface area contributed by atoms with Crippen LogP contribution < -0.4 is 29.3 Å². The second kappa shape index (κ2) is 13.6. The van der Waals surface area contributed by atoms with E-state index in [4.69, 9.17) is 9.47 Å². The lowest BCUT2D eigenvalue weighted by atomic mass is 10.1. The lowest BCUT2D eigenvalue weighted by molar-refractivity contribution is -0.118. The normalized spacial score (nSPS) is 14.2. The van der Waals surface area contributed by atoms with Crippen molar-refractivity contribution >= 4 is 33.0 Å². The van der Waals surface area contributed by atoms with Crippen molar-refractivity contribution in [1.82, 2.24) is 4.72 Å². The number of piperazine rings is 1. The number of amides is 1. The summed E-state index contributed by atoms with van der Waals surface area (Å²) in [7, 11) is -2.33. The smallest absolute Gasteiger partial charge is 0.262 e. The van der Waals surface area contributed by atoms with Crippen molar-refractivity contribution in [1.29, 1.82) is 0 Å². The fourth-order valence-corrected chi connectivity index (χ4v) is 6.52. The second-order valence-electron chi connectivity index (χ2n) is 10.3. The molecule has 2 N–H and O–H groups in total. The van der Waals surface area contributed by atoms with Gasteiger partial charge in [0.2, 0.25) is 10.0 Å². The highest BCUT2D eigenvalue weighted by Gasteiger charge is 2.27. The Morgan fingerprint density at radius 1 is 0.814 bits per heavy atom. The molecule has 1 saturated heterocycles. The summed E-state index contributed by atoms with van der Waals surface area (Å²) in [6, 6.07) is 30.9. The maximum absolute atomic E-state index is 13.9. The highest BCUT2D eigenvalue weighted by atomic mass is 32.2. The zero-order valence-electron chi connectivity index (χ0n) is 24.3. The number of benzene rings is 4. The Labute approximate surface area is 253 Å². The summed E-state index contributed by atoms with van der Waals surface area (Å²) in [5.74, 6) is 0.982. The number of hydrogen-bond donors (Lipinski definition) is 2. The number of carbonyl (C=O) groups is 1. The SMILES string of the molecule is COc1ccc(N2CCN(c3ccc(NC(=O)COc4ccccc4)cc3S(=O)(=O)N[C@@H](C)c3ccccc3)CC2)cc1. The monoisotopic (exact) mass is 600 g/mol. The highest BCUT2D eigenvalue weighted by Crippen LogP contribution is 2.31. The number of nitrogens with one attached hydrogen (secondary N) is 2. The Morgan fingerprint density at radius 3 is 2.09 bits per heavy atom. The third-order valence-corrected chi connectivity index (χ3v) is 8.91. The predicted octanol–water partition coefficient (Wildman–Crippen LogP) is 5.08. The van der Waals surface area contributed by atoms with Crippen LogP contribution in [0.4, 0.5) is 17.1 Å². The van der Waals surface area contributed by atoms with Crippen LogP contribution in [-0.2, 0) is 14.8 Å². The van der Waals surface area contributed by atoms with E-state index in [2.05, 4.69) is 19.8 Å². The number of carbonyl (C=O) groups excluding carboxylic acids is 1. The van der Waals surface area contributed by atoms with E-state index >= 15 is 0 Å². The van der Waals surface area contributed by atoms with Gasteiger partial charge in [0.1, 0.15) is 16.4 Å². The summed E-state index contributed by atoms with van der Waals surface area (Å²) in [5.41, 5.74) is 2.89. The summed E-state index contributed by atoms with van der Waals surface area (Å²) in [6.07, 6.45) is 0. The number of rotatable bonds is 11. The quantitative estimate of drug-likeness (QED) is 0.248. The molecule has 0 saturated carbocycles. The molecule has 9 nitrogen and oxygen atoms in total. The Kier molecular flexibility index (Phi) is 9.48. The summed E-state index contributed by atoms with van der Waals surface area (Å²) >= 11 is 0. The van der Waals surface area contributed by atoms with Gasteiger partial charge in [-0.1, -0.05) is 48.5 Å². The minimum Gasteiger partial charge on any atom is -0.497 e. The molecule has 0 aromatic heterocycles. The Hall–Kier alpha value is -4.54. The Balaban J connectivity index is 1.36. The molecule has 1 aliphatic heterocycles. The van der Waals surface area contributed by atoms with Crippen LogP contribution in [-0.4, -0.2) is 54.2 Å². The Morgan fingerprint density at radius 2 is 1.44 bits per heavy atom. The third kappa shape index (κ3) is 7.65. The predicted molar refractivity (Wildman–Crippen MR) is 170 cm³/mol. The van der Waals surface area contributed by atoms with Gasteiger partial charge in [-0.05, 0) is 67.1 Å². The zero-order valence-corrected chi connectivity index (χ0v) is 25.1. The lowest BCUT2D eigenvalue weighted by Crippen LogP contribution is -2.47.